The molecule has 2 heterocycles. The first-order valence-corrected chi connectivity index (χ1v) is 10.9. The molecule has 0 radical (unpaired) electrons. The monoisotopic (exact) mass is 474 g/mol. The van der Waals surface area contributed by atoms with Crippen LogP contribution < -0.4 is 16.6 Å². The molecule has 0 aliphatic rings. The highest BCUT2D eigenvalue weighted by molar-refractivity contribution is 7.15. The normalized spacial score (nSPS) is 11.0. The van der Waals surface area contributed by atoms with E-state index < -0.39 is 11.2 Å². The number of aromatic nitrogens is 3. The Hall–Kier alpha value is -2.94. The Bertz CT molecular complexity index is 1390. The number of para-hydroxylation sites is 1. The third-order valence-electron chi connectivity index (χ3n) is 4.66. The first kappa shape index (κ1) is 21.3. The molecule has 0 unspecified atom stereocenters. The van der Waals surface area contributed by atoms with Crippen molar-refractivity contribution in [2.24, 2.45) is 0 Å². The van der Waals surface area contributed by atoms with E-state index >= 15 is 0 Å². The maximum absolute atomic E-state index is 12.4. The fourth-order valence-electron chi connectivity index (χ4n) is 3.18. The molecule has 7 nitrogen and oxygen atoms in total. The van der Waals surface area contributed by atoms with Crippen LogP contribution in [0.3, 0.4) is 0 Å². The van der Waals surface area contributed by atoms with Gasteiger partial charge in [0, 0.05) is 30.5 Å². The van der Waals surface area contributed by atoms with E-state index in [9.17, 15) is 14.4 Å². The van der Waals surface area contributed by atoms with Crippen molar-refractivity contribution in [3.05, 3.63) is 90.0 Å². The summed E-state index contributed by atoms with van der Waals surface area (Å²) in [4.78, 5) is 44.0. The summed E-state index contributed by atoms with van der Waals surface area (Å²) >= 11 is 13.6. The number of carbonyl (C=O) groups excluding carboxylic acids is 1. The average molecular weight is 475 g/mol. The van der Waals surface area contributed by atoms with E-state index in [0.29, 0.717) is 32.5 Å². The maximum atomic E-state index is 12.4. The lowest BCUT2D eigenvalue weighted by Gasteiger charge is -2.09. The zero-order valence-electron chi connectivity index (χ0n) is 16.0. The van der Waals surface area contributed by atoms with Crippen LogP contribution in [0.5, 0.6) is 0 Å². The van der Waals surface area contributed by atoms with Gasteiger partial charge in [0.2, 0.25) is 5.91 Å². The molecule has 1 amide bonds. The third-order valence-corrected chi connectivity index (χ3v) is 6.43. The van der Waals surface area contributed by atoms with Crippen LogP contribution in [0.2, 0.25) is 10.0 Å². The minimum atomic E-state index is -0.550. The highest BCUT2D eigenvalue weighted by Gasteiger charge is 2.12. The minimum absolute atomic E-state index is 0.0466. The van der Waals surface area contributed by atoms with Gasteiger partial charge in [0.05, 0.1) is 20.9 Å². The Balaban J connectivity index is 1.43. The van der Waals surface area contributed by atoms with Gasteiger partial charge in [-0.15, -0.1) is 11.3 Å². The van der Waals surface area contributed by atoms with E-state index in [1.165, 1.54) is 15.9 Å². The number of hydrogen-bond acceptors (Lipinski definition) is 5. The number of halogens is 2. The topological polar surface area (TPSA) is 96.9 Å². The van der Waals surface area contributed by atoms with Crippen molar-refractivity contribution in [1.29, 1.82) is 0 Å². The van der Waals surface area contributed by atoms with Crippen molar-refractivity contribution in [3.8, 4) is 0 Å². The number of nitrogens with zero attached hydrogens (tertiary/aromatic N) is 2. The summed E-state index contributed by atoms with van der Waals surface area (Å²) in [7, 11) is 0. The van der Waals surface area contributed by atoms with Crippen molar-refractivity contribution in [2.45, 2.75) is 19.4 Å². The lowest BCUT2D eigenvalue weighted by molar-refractivity contribution is -0.116. The van der Waals surface area contributed by atoms with Gasteiger partial charge in [-0.3, -0.25) is 19.1 Å². The second-order valence-corrected chi connectivity index (χ2v) is 8.65. The number of hydrogen-bond donors (Lipinski definition) is 2. The van der Waals surface area contributed by atoms with Crippen LogP contribution in [0.1, 0.15) is 16.9 Å². The standard InChI is InChI=1S/C21H16Cl2N4O3S/c22-15-6-3-4-12(18(15)23)10-13-11-24-20(31-13)25-17(28)8-9-27-16-7-2-1-5-14(16)19(29)26-21(27)30/h1-7,11H,8-10H2,(H,24,25,28)(H,26,29,30). The maximum Gasteiger partial charge on any atom is 0.328 e. The summed E-state index contributed by atoms with van der Waals surface area (Å²) in [6.07, 6.45) is 2.27. The summed E-state index contributed by atoms with van der Waals surface area (Å²) < 4.78 is 1.38. The van der Waals surface area contributed by atoms with Gasteiger partial charge in [-0.2, -0.15) is 0 Å². The molecule has 2 aromatic carbocycles. The third kappa shape index (κ3) is 4.71. The highest BCUT2D eigenvalue weighted by Crippen LogP contribution is 2.29. The molecule has 4 aromatic rings. The summed E-state index contributed by atoms with van der Waals surface area (Å²) in [5.41, 5.74) is 0.363. The van der Waals surface area contributed by atoms with E-state index in [1.807, 2.05) is 12.1 Å². The number of aromatic amines is 1. The Morgan fingerprint density at radius 1 is 1.13 bits per heavy atom. The smallest absolute Gasteiger partial charge is 0.302 e. The Kier molecular flexibility index (Phi) is 6.22. The van der Waals surface area contributed by atoms with Gasteiger partial charge in [-0.25, -0.2) is 9.78 Å². The number of rotatable bonds is 6. The van der Waals surface area contributed by atoms with Gasteiger partial charge in [0.25, 0.3) is 5.56 Å². The van der Waals surface area contributed by atoms with E-state index in [1.54, 1.807) is 36.5 Å². The predicted molar refractivity (Wildman–Crippen MR) is 123 cm³/mol. The van der Waals surface area contributed by atoms with Gasteiger partial charge >= 0.3 is 5.69 Å². The van der Waals surface area contributed by atoms with E-state index in [0.717, 1.165) is 10.4 Å². The minimum Gasteiger partial charge on any atom is -0.302 e. The highest BCUT2D eigenvalue weighted by atomic mass is 35.5. The van der Waals surface area contributed by atoms with Crippen LogP contribution in [0.25, 0.3) is 10.9 Å². The lowest BCUT2D eigenvalue weighted by atomic mass is 10.1. The first-order valence-electron chi connectivity index (χ1n) is 9.31. The Labute approximate surface area is 190 Å². The molecule has 4 rings (SSSR count). The molecule has 0 spiro atoms. The number of benzene rings is 2. The van der Waals surface area contributed by atoms with Crippen LogP contribution in [0.4, 0.5) is 5.13 Å². The quantitative estimate of drug-likeness (QED) is 0.439. The largest absolute Gasteiger partial charge is 0.328 e. The van der Waals surface area contributed by atoms with Crippen LogP contribution in [-0.4, -0.2) is 20.4 Å². The van der Waals surface area contributed by atoms with Gasteiger partial charge in [0.15, 0.2) is 5.13 Å². The molecule has 0 bridgehead atoms. The molecule has 2 N–H and O–H groups in total. The number of thiazole rings is 1. The number of carbonyl (C=O) groups is 1. The average Bonchev–Trinajstić information content (AvgIpc) is 3.18. The fourth-order valence-corrected chi connectivity index (χ4v) is 4.42. The second kappa shape index (κ2) is 9.05. The lowest BCUT2D eigenvalue weighted by Crippen LogP contribution is -2.31. The SMILES string of the molecule is O=C(CCn1c(=O)[nH]c(=O)c2ccccc21)Nc1ncc(Cc2cccc(Cl)c2Cl)s1. The molecule has 0 atom stereocenters. The zero-order chi connectivity index (χ0) is 22.0. The molecule has 31 heavy (non-hydrogen) atoms. The number of aryl methyl sites for hydroxylation is 1. The van der Waals surface area contributed by atoms with Crippen molar-refractivity contribution in [2.75, 3.05) is 5.32 Å². The molecule has 2 aromatic heterocycles. The number of amides is 1. The summed E-state index contributed by atoms with van der Waals surface area (Å²) in [5, 5.41) is 4.59. The fraction of sp³-hybridized carbons (Fsp3) is 0.143. The van der Waals surface area contributed by atoms with Crippen LogP contribution >= 0.6 is 34.5 Å². The number of nitrogens with one attached hydrogen (secondary N) is 2. The molecule has 0 aliphatic carbocycles. The molecule has 10 heteroatoms. The molecule has 0 aliphatic heterocycles. The van der Waals surface area contributed by atoms with E-state index in [-0.39, 0.29) is 18.9 Å². The molecule has 0 saturated carbocycles. The number of anilines is 1. The van der Waals surface area contributed by atoms with Gasteiger partial charge in [-0.1, -0.05) is 47.5 Å². The summed E-state index contributed by atoms with van der Waals surface area (Å²) in [6.45, 7) is 0.123. The Morgan fingerprint density at radius 3 is 2.77 bits per heavy atom. The van der Waals surface area contributed by atoms with Crippen molar-refractivity contribution >= 4 is 56.5 Å². The molecular formula is C21H16Cl2N4O3S. The summed E-state index contributed by atoms with van der Waals surface area (Å²) in [6, 6.07) is 12.2. The van der Waals surface area contributed by atoms with Crippen LogP contribution in [-0.2, 0) is 17.8 Å². The van der Waals surface area contributed by atoms with E-state index in [2.05, 4.69) is 15.3 Å². The first-order chi connectivity index (χ1) is 14.9. The molecule has 0 fully saturated rings. The zero-order valence-corrected chi connectivity index (χ0v) is 18.4. The van der Waals surface area contributed by atoms with Gasteiger partial charge in [0.1, 0.15) is 0 Å². The van der Waals surface area contributed by atoms with Gasteiger partial charge < -0.3 is 5.32 Å². The molecule has 158 valence electrons. The Morgan fingerprint density at radius 2 is 1.94 bits per heavy atom. The molecule has 0 saturated heterocycles. The van der Waals surface area contributed by atoms with Crippen molar-refractivity contribution in [1.82, 2.24) is 14.5 Å². The molecular weight excluding hydrogens is 459 g/mol. The van der Waals surface area contributed by atoms with Crippen molar-refractivity contribution < 1.29 is 4.79 Å². The van der Waals surface area contributed by atoms with E-state index in [4.69, 9.17) is 23.2 Å². The predicted octanol–water partition coefficient (Wildman–Crippen LogP) is 4.07. The van der Waals surface area contributed by atoms with Crippen LogP contribution in [0, 0.1) is 0 Å². The van der Waals surface area contributed by atoms with Crippen LogP contribution in [0.15, 0.2) is 58.3 Å². The van der Waals surface area contributed by atoms with Gasteiger partial charge in [-0.05, 0) is 23.8 Å². The number of H-pyrrole nitrogens is 1. The number of fused-ring (bicyclic) bond motifs is 1. The summed E-state index contributed by atoms with van der Waals surface area (Å²) in [5.74, 6) is -0.288. The second-order valence-electron chi connectivity index (χ2n) is 6.75. The van der Waals surface area contributed by atoms with Crippen molar-refractivity contribution in [3.63, 3.8) is 0 Å².